The van der Waals surface area contributed by atoms with Crippen LogP contribution in [0.5, 0.6) is 0 Å². The van der Waals surface area contributed by atoms with Crippen molar-refractivity contribution < 1.29 is 4.39 Å². The Morgan fingerprint density at radius 1 is 1.38 bits per heavy atom. The molecule has 16 heavy (non-hydrogen) atoms. The lowest BCUT2D eigenvalue weighted by Gasteiger charge is -2.25. The van der Waals surface area contributed by atoms with Crippen molar-refractivity contribution in [2.75, 3.05) is 6.54 Å². The van der Waals surface area contributed by atoms with E-state index < -0.39 is 0 Å². The Morgan fingerprint density at radius 2 is 2.06 bits per heavy atom. The van der Waals surface area contributed by atoms with E-state index in [0.29, 0.717) is 0 Å². The van der Waals surface area contributed by atoms with Crippen molar-refractivity contribution in [1.29, 1.82) is 0 Å². The zero-order chi connectivity index (χ0) is 11.6. The first-order valence-corrected chi connectivity index (χ1v) is 6.15. The van der Waals surface area contributed by atoms with Crippen molar-refractivity contribution in [1.82, 2.24) is 5.32 Å². The molecule has 0 aliphatic heterocycles. The third-order valence-corrected chi connectivity index (χ3v) is 3.55. The van der Waals surface area contributed by atoms with Crippen LogP contribution >= 0.6 is 0 Å². The molecule has 2 rings (SSSR count). The molecule has 1 saturated carbocycles. The summed E-state index contributed by atoms with van der Waals surface area (Å²) in [4.78, 5) is 0. The Labute approximate surface area is 97.1 Å². The second-order valence-electron chi connectivity index (χ2n) is 5.06. The van der Waals surface area contributed by atoms with Crippen molar-refractivity contribution in [3.63, 3.8) is 0 Å². The van der Waals surface area contributed by atoms with E-state index in [9.17, 15) is 4.39 Å². The smallest absolute Gasteiger partial charge is 0.127 e. The second kappa shape index (κ2) is 4.54. The van der Waals surface area contributed by atoms with Crippen molar-refractivity contribution in [2.24, 2.45) is 5.41 Å². The van der Waals surface area contributed by atoms with E-state index in [1.165, 1.54) is 12.8 Å². The zero-order valence-electron chi connectivity index (χ0n) is 10.1. The number of nitrogens with one attached hydrogen (secondary N) is 1. The Morgan fingerprint density at radius 3 is 2.62 bits per heavy atom. The Bertz CT molecular complexity index is 358. The third kappa shape index (κ3) is 2.27. The Balaban J connectivity index is 2.21. The highest BCUT2D eigenvalue weighted by Gasteiger charge is 2.45. The number of halogens is 1. The van der Waals surface area contributed by atoms with Crippen LogP contribution in [0.1, 0.15) is 44.7 Å². The van der Waals surface area contributed by atoms with E-state index in [2.05, 4.69) is 19.2 Å². The fourth-order valence-electron chi connectivity index (χ4n) is 2.22. The lowest BCUT2D eigenvalue weighted by atomic mass is 9.91. The normalized spacial score (nSPS) is 19.4. The van der Waals surface area contributed by atoms with Gasteiger partial charge in [-0.3, -0.25) is 0 Å². The van der Waals surface area contributed by atoms with E-state index in [1.807, 2.05) is 12.1 Å². The Kier molecular flexibility index (Phi) is 3.29. The highest BCUT2D eigenvalue weighted by Crippen LogP contribution is 2.54. The minimum atomic E-state index is -0.0794. The molecule has 1 aromatic carbocycles. The van der Waals surface area contributed by atoms with Gasteiger partial charge in [-0.2, -0.15) is 0 Å². The van der Waals surface area contributed by atoms with Gasteiger partial charge in [-0.15, -0.1) is 0 Å². The summed E-state index contributed by atoms with van der Waals surface area (Å²) in [6, 6.07) is 7.32. The van der Waals surface area contributed by atoms with Gasteiger partial charge in [-0.1, -0.05) is 32.0 Å². The van der Waals surface area contributed by atoms with E-state index in [-0.39, 0.29) is 17.3 Å². The third-order valence-electron chi connectivity index (χ3n) is 3.55. The molecule has 1 nitrogen and oxygen atoms in total. The first-order valence-electron chi connectivity index (χ1n) is 6.15. The summed E-state index contributed by atoms with van der Waals surface area (Å²) in [5.74, 6) is -0.0794. The zero-order valence-corrected chi connectivity index (χ0v) is 10.1. The highest BCUT2D eigenvalue weighted by atomic mass is 19.1. The average molecular weight is 221 g/mol. The first kappa shape index (κ1) is 11.6. The lowest BCUT2D eigenvalue weighted by Crippen LogP contribution is -2.29. The predicted octanol–water partition coefficient (Wildman–Crippen LogP) is 3.67. The maximum absolute atomic E-state index is 13.8. The summed E-state index contributed by atoms with van der Waals surface area (Å²) >= 11 is 0. The SMILES string of the molecule is CCCNC(c1ccccc1F)C1(C)CC1. The van der Waals surface area contributed by atoms with Gasteiger partial charge in [-0.05, 0) is 37.3 Å². The van der Waals surface area contributed by atoms with Gasteiger partial charge in [0, 0.05) is 11.6 Å². The quantitative estimate of drug-likeness (QED) is 0.800. The van der Waals surface area contributed by atoms with E-state index in [1.54, 1.807) is 12.1 Å². The first-order chi connectivity index (χ1) is 7.67. The van der Waals surface area contributed by atoms with Gasteiger partial charge >= 0.3 is 0 Å². The summed E-state index contributed by atoms with van der Waals surface area (Å²) in [6.45, 7) is 5.34. The molecule has 0 heterocycles. The van der Waals surface area contributed by atoms with Crippen LogP contribution in [-0.2, 0) is 0 Å². The average Bonchev–Trinajstić information content (AvgIpc) is 3.00. The summed E-state index contributed by atoms with van der Waals surface area (Å²) < 4.78 is 13.8. The molecule has 1 N–H and O–H groups in total. The summed E-state index contributed by atoms with van der Waals surface area (Å²) in [5, 5.41) is 3.49. The predicted molar refractivity (Wildman–Crippen MR) is 64.8 cm³/mol. The maximum atomic E-state index is 13.8. The van der Waals surface area contributed by atoms with Crippen LogP contribution in [-0.4, -0.2) is 6.54 Å². The van der Waals surface area contributed by atoms with Gasteiger partial charge in [0.05, 0.1) is 0 Å². The van der Waals surface area contributed by atoms with Gasteiger partial charge in [0.2, 0.25) is 0 Å². The standard InChI is InChI=1S/C14H20FN/c1-3-10-16-13(14(2)8-9-14)11-6-4-5-7-12(11)15/h4-7,13,16H,3,8-10H2,1-2H3. The van der Waals surface area contributed by atoms with Crippen molar-refractivity contribution in [3.05, 3.63) is 35.6 Å². The van der Waals surface area contributed by atoms with E-state index >= 15 is 0 Å². The number of rotatable bonds is 5. The molecular weight excluding hydrogens is 201 g/mol. The largest absolute Gasteiger partial charge is 0.309 e. The molecule has 1 aliphatic rings. The minimum Gasteiger partial charge on any atom is -0.309 e. The van der Waals surface area contributed by atoms with Crippen LogP contribution in [0.15, 0.2) is 24.3 Å². The molecule has 0 spiro atoms. The molecule has 1 fully saturated rings. The molecule has 1 atom stereocenters. The molecule has 0 aromatic heterocycles. The van der Waals surface area contributed by atoms with Crippen LogP contribution in [0.3, 0.4) is 0 Å². The van der Waals surface area contributed by atoms with Gasteiger partial charge in [0.1, 0.15) is 5.82 Å². The fourth-order valence-corrected chi connectivity index (χ4v) is 2.22. The molecule has 88 valence electrons. The lowest BCUT2D eigenvalue weighted by molar-refractivity contribution is 0.355. The van der Waals surface area contributed by atoms with E-state index in [4.69, 9.17) is 0 Å². The topological polar surface area (TPSA) is 12.0 Å². The molecule has 0 saturated heterocycles. The minimum absolute atomic E-state index is 0.0794. The molecule has 1 aliphatic carbocycles. The summed E-state index contributed by atoms with van der Waals surface area (Å²) in [6.07, 6.45) is 3.48. The van der Waals surface area contributed by atoms with Crippen LogP contribution in [0, 0.1) is 11.2 Å². The van der Waals surface area contributed by atoms with Gasteiger partial charge in [-0.25, -0.2) is 4.39 Å². The molecule has 0 bridgehead atoms. The second-order valence-corrected chi connectivity index (χ2v) is 5.06. The monoisotopic (exact) mass is 221 g/mol. The molecule has 2 heteroatoms. The summed E-state index contributed by atoms with van der Waals surface area (Å²) in [5.41, 5.74) is 1.09. The van der Waals surface area contributed by atoms with Crippen LogP contribution in [0.2, 0.25) is 0 Å². The van der Waals surface area contributed by atoms with Crippen molar-refractivity contribution in [2.45, 2.75) is 39.2 Å². The van der Waals surface area contributed by atoms with Gasteiger partial charge in [0.25, 0.3) is 0 Å². The van der Waals surface area contributed by atoms with Crippen molar-refractivity contribution >= 4 is 0 Å². The number of benzene rings is 1. The van der Waals surface area contributed by atoms with Crippen LogP contribution in [0.25, 0.3) is 0 Å². The molecule has 0 amide bonds. The van der Waals surface area contributed by atoms with E-state index in [0.717, 1.165) is 18.5 Å². The highest BCUT2D eigenvalue weighted by molar-refractivity contribution is 5.25. The molecule has 0 radical (unpaired) electrons. The number of hydrogen-bond acceptors (Lipinski definition) is 1. The molecule has 1 aromatic rings. The molecular formula is C14H20FN. The Hall–Kier alpha value is -0.890. The molecule has 1 unspecified atom stereocenters. The summed E-state index contributed by atoms with van der Waals surface area (Å²) in [7, 11) is 0. The van der Waals surface area contributed by atoms with Crippen LogP contribution < -0.4 is 5.32 Å². The van der Waals surface area contributed by atoms with Gasteiger partial charge in [0.15, 0.2) is 0 Å². The number of hydrogen-bond donors (Lipinski definition) is 1. The van der Waals surface area contributed by atoms with Gasteiger partial charge < -0.3 is 5.32 Å². The fraction of sp³-hybridized carbons (Fsp3) is 0.571. The maximum Gasteiger partial charge on any atom is 0.127 e. The van der Waals surface area contributed by atoms with Crippen molar-refractivity contribution in [3.8, 4) is 0 Å². The van der Waals surface area contributed by atoms with Crippen LogP contribution in [0.4, 0.5) is 4.39 Å².